The van der Waals surface area contributed by atoms with Crippen LogP contribution >= 0.6 is 12.4 Å². The zero-order valence-electron chi connectivity index (χ0n) is 13.0. The Kier molecular flexibility index (Phi) is 6.89. The largest absolute Gasteiger partial charge is 0.416 e. The van der Waals surface area contributed by atoms with Crippen LogP contribution in [0.1, 0.15) is 36.8 Å². The first-order valence-corrected chi connectivity index (χ1v) is 7.46. The van der Waals surface area contributed by atoms with Crippen molar-refractivity contribution in [3.8, 4) is 0 Å². The van der Waals surface area contributed by atoms with E-state index in [2.05, 4.69) is 0 Å². The van der Waals surface area contributed by atoms with E-state index in [0.717, 1.165) is 18.6 Å². The molecule has 0 spiro atoms. The molecule has 0 saturated carbocycles. The number of halogens is 4. The second kappa shape index (κ2) is 8.02. The molecule has 1 amide bonds. The molecule has 0 aromatic heterocycles. The van der Waals surface area contributed by atoms with Crippen molar-refractivity contribution >= 4 is 18.3 Å². The van der Waals surface area contributed by atoms with Crippen LogP contribution in [0.5, 0.6) is 0 Å². The van der Waals surface area contributed by atoms with Gasteiger partial charge in [-0.2, -0.15) is 13.2 Å². The van der Waals surface area contributed by atoms with Gasteiger partial charge in [-0.3, -0.25) is 4.79 Å². The molecule has 23 heavy (non-hydrogen) atoms. The van der Waals surface area contributed by atoms with Crippen LogP contribution in [0, 0.1) is 5.92 Å². The Bertz CT molecular complexity index is 536. The quantitative estimate of drug-likeness (QED) is 0.904. The number of hydrogen-bond acceptors (Lipinski definition) is 2. The van der Waals surface area contributed by atoms with Crippen LogP contribution in [0.25, 0.3) is 0 Å². The van der Waals surface area contributed by atoms with Gasteiger partial charge in [-0.1, -0.05) is 25.1 Å². The highest BCUT2D eigenvalue weighted by Gasteiger charge is 2.31. The van der Waals surface area contributed by atoms with Crippen molar-refractivity contribution in [2.45, 2.75) is 31.9 Å². The van der Waals surface area contributed by atoms with E-state index in [-0.39, 0.29) is 30.7 Å². The van der Waals surface area contributed by atoms with E-state index >= 15 is 0 Å². The summed E-state index contributed by atoms with van der Waals surface area (Å²) in [5.41, 5.74) is 5.47. The molecule has 1 aliphatic rings. The van der Waals surface area contributed by atoms with Crippen LogP contribution in [0.2, 0.25) is 0 Å². The van der Waals surface area contributed by atoms with Crippen LogP contribution in [-0.2, 0) is 11.0 Å². The van der Waals surface area contributed by atoms with Crippen LogP contribution in [-0.4, -0.2) is 30.4 Å². The first-order chi connectivity index (χ1) is 10.3. The molecule has 2 unspecified atom stereocenters. The van der Waals surface area contributed by atoms with Crippen LogP contribution < -0.4 is 5.73 Å². The number of nitrogens with zero attached hydrogens (tertiary/aromatic N) is 1. The number of likely N-dealkylation sites (tertiary alicyclic amines) is 1. The Morgan fingerprint density at radius 1 is 1.43 bits per heavy atom. The van der Waals surface area contributed by atoms with Gasteiger partial charge in [0.15, 0.2) is 0 Å². The molecule has 3 nitrogen and oxygen atoms in total. The number of alkyl halides is 3. The van der Waals surface area contributed by atoms with E-state index in [4.69, 9.17) is 5.73 Å². The monoisotopic (exact) mass is 350 g/mol. The third-order valence-corrected chi connectivity index (χ3v) is 4.24. The SMILES string of the molecule is CC(CC(=O)N1CCC(CN)C1)c1cccc(C(F)(F)F)c1.Cl. The van der Waals surface area contributed by atoms with Crippen molar-refractivity contribution in [2.75, 3.05) is 19.6 Å². The molecule has 1 heterocycles. The molecule has 1 aliphatic heterocycles. The van der Waals surface area contributed by atoms with E-state index in [1.54, 1.807) is 17.9 Å². The molecule has 2 rings (SSSR count). The van der Waals surface area contributed by atoms with E-state index < -0.39 is 11.7 Å². The van der Waals surface area contributed by atoms with Crippen LogP contribution in [0.4, 0.5) is 13.2 Å². The van der Waals surface area contributed by atoms with Crippen molar-refractivity contribution in [1.82, 2.24) is 4.90 Å². The second-order valence-electron chi connectivity index (χ2n) is 5.96. The first kappa shape index (κ1) is 19.8. The van der Waals surface area contributed by atoms with Crippen molar-refractivity contribution in [1.29, 1.82) is 0 Å². The highest BCUT2D eigenvalue weighted by Crippen LogP contribution is 2.32. The Balaban J connectivity index is 0.00000264. The zero-order chi connectivity index (χ0) is 16.3. The fraction of sp³-hybridized carbons (Fsp3) is 0.562. The number of carbonyl (C=O) groups is 1. The van der Waals surface area contributed by atoms with E-state index in [1.807, 2.05) is 0 Å². The average molecular weight is 351 g/mol. The van der Waals surface area contributed by atoms with Crippen LogP contribution in [0.15, 0.2) is 24.3 Å². The maximum Gasteiger partial charge on any atom is 0.416 e. The molecular weight excluding hydrogens is 329 g/mol. The zero-order valence-corrected chi connectivity index (χ0v) is 13.8. The fourth-order valence-corrected chi connectivity index (χ4v) is 2.78. The second-order valence-corrected chi connectivity index (χ2v) is 5.96. The fourth-order valence-electron chi connectivity index (χ4n) is 2.78. The lowest BCUT2D eigenvalue weighted by Gasteiger charge is -2.20. The summed E-state index contributed by atoms with van der Waals surface area (Å²) < 4.78 is 38.2. The standard InChI is InChI=1S/C16H21F3N2O.ClH/c1-11(7-15(22)21-6-5-12(9-20)10-21)13-3-2-4-14(8-13)16(17,18)19;/h2-4,8,11-12H,5-7,9-10,20H2,1H3;1H. The molecular formula is C16H22ClF3N2O. The van der Waals surface area contributed by atoms with Crippen molar-refractivity contribution in [3.63, 3.8) is 0 Å². The molecule has 7 heteroatoms. The van der Waals surface area contributed by atoms with Crippen molar-refractivity contribution in [3.05, 3.63) is 35.4 Å². The first-order valence-electron chi connectivity index (χ1n) is 7.46. The minimum Gasteiger partial charge on any atom is -0.342 e. The Labute approximate surface area is 140 Å². The predicted molar refractivity (Wildman–Crippen MR) is 85.5 cm³/mol. The number of carbonyl (C=O) groups excluding carboxylic acids is 1. The third kappa shape index (κ3) is 5.11. The third-order valence-electron chi connectivity index (χ3n) is 4.24. The number of hydrogen-bond donors (Lipinski definition) is 1. The molecule has 1 aromatic rings. The minimum absolute atomic E-state index is 0. The molecule has 0 aliphatic carbocycles. The summed E-state index contributed by atoms with van der Waals surface area (Å²) >= 11 is 0. The highest BCUT2D eigenvalue weighted by atomic mass is 35.5. The summed E-state index contributed by atoms with van der Waals surface area (Å²) in [7, 11) is 0. The lowest BCUT2D eigenvalue weighted by molar-refractivity contribution is -0.137. The number of benzene rings is 1. The average Bonchev–Trinajstić information content (AvgIpc) is 2.95. The molecule has 1 fully saturated rings. The molecule has 2 atom stereocenters. The predicted octanol–water partition coefficient (Wildman–Crippen LogP) is 3.43. The smallest absolute Gasteiger partial charge is 0.342 e. The van der Waals surface area contributed by atoms with E-state index in [1.165, 1.54) is 6.07 Å². The lowest BCUT2D eigenvalue weighted by atomic mass is 9.95. The summed E-state index contributed by atoms with van der Waals surface area (Å²) in [5.74, 6) is 0.0837. The van der Waals surface area contributed by atoms with Crippen LogP contribution in [0.3, 0.4) is 0 Å². The van der Waals surface area contributed by atoms with Gasteiger partial charge >= 0.3 is 6.18 Å². The maximum atomic E-state index is 12.7. The molecule has 1 aromatic carbocycles. The van der Waals surface area contributed by atoms with Gasteiger partial charge in [0.25, 0.3) is 0 Å². The van der Waals surface area contributed by atoms with Gasteiger partial charge in [0, 0.05) is 19.5 Å². The molecule has 2 N–H and O–H groups in total. The summed E-state index contributed by atoms with van der Waals surface area (Å²) in [6, 6.07) is 5.20. The summed E-state index contributed by atoms with van der Waals surface area (Å²) in [6.07, 6.45) is -3.23. The topological polar surface area (TPSA) is 46.3 Å². The Morgan fingerprint density at radius 3 is 2.70 bits per heavy atom. The Morgan fingerprint density at radius 2 is 2.13 bits per heavy atom. The molecule has 1 saturated heterocycles. The number of rotatable bonds is 4. The summed E-state index contributed by atoms with van der Waals surface area (Å²) in [5, 5.41) is 0. The van der Waals surface area contributed by atoms with Crippen molar-refractivity contribution < 1.29 is 18.0 Å². The van der Waals surface area contributed by atoms with Crippen molar-refractivity contribution in [2.24, 2.45) is 11.7 Å². The van der Waals surface area contributed by atoms with E-state index in [9.17, 15) is 18.0 Å². The molecule has 0 bridgehead atoms. The number of amides is 1. The van der Waals surface area contributed by atoms with Gasteiger partial charge in [0.1, 0.15) is 0 Å². The van der Waals surface area contributed by atoms with Gasteiger partial charge in [0.2, 0.25) is 5.91 Å². The van der Waals surface area contributed by atoms with Gasteiger partial charge in [-0.05, 0) is 36.4 Å². The van der Waals surface area contributed by atoms with Gasteiger partial charge < -0.3 is 10.6 Å². The molecule has 130 valence electrons. The normalized spacial score (nSPS) is 19.3. The Hall–Kier alpha value is -1.27. The minimum atomic E-state index is -4.36. The van der Waals surface area contributed by atoms with Gasteiger partial charge in [-0.25, -0.2) is 0 Å². The highest BCUT2D eigenvalue weighted by molar-refractivity contribution is 5.85. The van der Waals surface area contributed by atoms with Gasteiger partial charge in [0.05, 0.1) is 5.56 Å². The van der Waals surface area contributed by atoms with E-state index in [0.29, 0.717) is 31.1 Å². The lowest BCUT2D eigenvalue weighted by Crippen LogP contribution is -2.30. The number of nitrogens with two attached hydrogens (primary N) is 1. The maximum absolute atomic E-state index is 12.7. The molecule has 0 radical (unpaired) electrons. The van der Waals surface area contributed by atoms with Gasteiger partial charge in [-0.15, -0.1) is 12.4 Å². The summed E-state index contributed by atoms with van der Waals surface area (Å²) in [6.45, 7) is 3.69. The summed E-state index contributed by atoms with van der Waals surface area (Å²) in [4.78, 5) is 14.0.